The Bertz CT molecular complexity index is 1060. The van der Waals surface area contributed by atoms with Gasteiger partial charge in [-0.3, -0.25) is 9.36 Å². The van der Waals surface area contributed by atoms with Crippen LogP contribution in [0.2, 0.25) is 0 Å². The van der Waals surface area contributed by atoms with E-state index in [1.165, 1.54) is 11.1 Å². The Balaban J connectivity index is 2.44. The Morgan fingerprint density at radius 1 is 1.04 bits per heavy atom. The first-order valence-electron chi connectivity index (χ1n) is 8.98. The fourth-order valence-electron chi connectivity index (χ4n) is 3.42. The van der Waals surface area contributed by atoms with E-state index >= 15 is 0 Å². The van der Waals surface area contributed by atoms with Crippen molar-refractivity contribution in [3.8, 4) is 5.69 Å². The van der Waals surface area contributed by atoms with Gasteiger partial charge in [0, 0.05) is 6.42 Å². The van der Waals surface area contributed by atoms with Crippen molar-refractivity contribution in [1.29, 1.82) is 0 Å². The summed E-state index contributed by atoms with van der Waals surface area (Å²) in [6, 6.07) is 7.77. The standard InChI is InChI=1S/C22H26N2O2/c1-12-7-8-19-18(9-12)22(26)24(21(23-19)11-14(3)25)20-10-13(2)15(4)16(5)17(20)6/h7-10,14,25H,11H2,1-6H3. The number of hydrogen-bond donors (Lipinski definition) is 1. The van der Waals surface area contributed by atoms with Crippen molar-refractivity contribution in [3.05, 3.63) is 68.3 Å². The van der Waals surface area contributed by atoms with E-state index in [1.54, 1.807) is 11.5 Å². The van der Waals surface area contributed by atoms with Crippen LogP contribution in [0.3, 0.4) is 0 Å². The third-order valence-corrected chi connectivity index (χ3v) is 5.27. The lowest BCUT2D eigenvalue weighted by Crippen LogP contribution is -2.27. The molecule has 1 heterocycles. The molecule has 1 unspecified atom stereocenters. The van der Waals surface area contributed by atoms with E-state index < -0.39 is 6.10 Å². The summed E-state index contributed by atoms with van der Waals surface area (Å²) in [5.74, 6) is 0.590. The summed E-state index contributed by atoms with van der Waals surface area (Å²) in [4.78, 5) is 18.1. The molecule has 0 bridgehead atoms. The van der Waals surface area contributed by atoms with Crippen LogP contribution in [0, 0.1) is 34.6 Å². The highest BCUT2D eigenvalue weighted by molar-refractivity contribution is 5.79. The van der Waals surface area contributed by atoms with Crippen molar-refractivity contribution in [2.45, 2.75) is 54.1 Å². The molecular formula is C22H26N2O2. The van der Waals surface area contributed by atoms with Crippen molar-refractivity contribution in [2.24, 2.45) is 0 Å². The van der Waals surface area contributed by atoms with Crippen molar-refractivity contribution in [1.82, 2.24) is 9.55 Å². The van der Waals surface area contributed by atoms with Gasteiger partial charge in [0.05, 0.1) is 22.7 Å². The molecule has 1 N–H and O–H groups in total. The SMILES string of the molecule is Cc1ccc2nc(CC(C)O)n(-c3cc(C)c(C)c(C)c3C)c(=O)c2c1. The Morgan fingerprint density at radius 2 is 1.73 bits per heavy atom. The van der Waals surface area contributed by atoms with Crippen molar-refractivity contribution in [2.75, 3.05) is 0 Å². The highest BCUT2D eigenvalue weighted by Crippen LogP contribution is 2.25. The minimum atomic E-state index is -0.580. The summed E-state index contributed by atoms with van der Waals surface area (Å²) in [5.41, 5.74) is 7.09. The number of aromatic nitrogens is 2. The molecule has 0 spiro atoms. The zero-order chi connectivity index (χ0) is 19.2. The zero-order valence-corrected chi connectivity index (χ0v) is 16.3. The Kier molecular flexibility index (Phi) is 4.72. The van der Waals surface area contributed by atoms with Crippen LogP contribution in [0.4, 0.5) is 0 Å². The summed E-state index contributed by atoms with van der Waals surface area (Å²) < 4.78 is 1.68. The van der Waals surface area contributed by atoms with Crippen LogP contribution in [0.5, 0.6) is 0 Å². The van der Waals surface area contributed by atoms with E-state index in [4.69, 9.17) is 4.98 Å². The summed E-state index contributed by atoms with van der Waals surface area (Å²) in [5, 5.41) is 10.6. The first kappa shape index (κ1) is 18.3. The molecule has 0 aliphatic carbocycles. The van der Waals surface area contributed by atoms with Crippen LogP contribution < -0.4 is 5.56 Å². The van der Waals surface area contributed by atoms with Crippen molar-refractivity contribution < 1.29 is 5.11 Å². The predicted molar refractivity (Wildman–Crippen MR) is 106 cm³/mol. The second kappa shape index (κ2) is 6.69. The van der Waals surface area contributed by atoms with Gasteiger partial charge in [-0.2, -0.15) is 0 Å². The number of rotatable bonds is 3. The second-order valence-electron chi connectivity index (χ2n) is 7.33. The van der Waals surface area contributed by atoms with Gasteiger partial charge in [-0.25, -0.2) is 4.98 Å². The Morgan fingerprint density at radius 3 is 2.38 bits per heavy atom. The van der Waals surface area contributed by atoms with Crippen LogP contribution in [0.1, 0.15) is 40.6 Å². The minimum absolute atomic E-state index is 0.0832. The molecule has 1 aromatic heterocycles. The molecule has 3 aromatic rings. The molecule has 4 nitrogen and oxygen atoms in total. The lowest BCUT2D eigenvalue weighted by atomic mass is 9.97. The number of hydrogen-bond acceptors (Lipinski definition) is 3. The van der Waals surface area contributed by atoms with Gasteiger partial charge in [0.15, 0.2) is 0 Å². The highest BCUT2D eigenvalue weighted by atomic mass is 16.3. The van der Waals surface area contributed by atoms with E-state index in [0.717, 1.165) is 22.4 Å². The maximum atomic E-state index is 13.4. The lowest BCUT2D eigenvalue weighted by Gasteiger charge is -2.20. The van der Waals surface area contributed by atoms with E-state index in [2.05, 4.69) is 20.8 Å². The normalized spacial score (nSPS) is 12.6. The summed E-state index contributed by atoms with van der Waals surface area (Å²) >= 11 is 0. The van der Waals surface area contributed by atoms with Gasteiger partial charge in [-0.1, -0.05) is 11.6 Å². The number of aliphatic hydroxyl groups is 1. The summed E-state index contributed by atoms with van der Waals surface area (Å²) in [6.07, 6.45) is -0.256. The molecule has 0 saturated heterocycles. The van der Waals surface area contributed by atoms with Gasteiger partial charge < -0.3 is 5.11 Å². The molecule has 0 saturated carbocycles. The van der Waals surface area contributed by atoms with Gasteiger partial charge in [-0.15, -0.1) is 0 Å². The quantitative estimate of drug-likeness (QED) is 0.780. The molecule has 2 aromatic carbocycles. The molecule has 3 rings (SSSR count). The van der Waals surface area contributed by atoms with Crippen LogP contribution in [-0.2, 0) is 6.42 Å². The monoisotopic (exact) mass is 350 g/mol. The van der Waals surface area contributed by atoms with Crippen LogP contribution in [0.25, 0.3) is 16.6 Å². The molecule has 0 amide bonds. The average molecular weight is 350 g/mol. The van der Waals surface area contributed by atoms with E-state index in [-0.39, 0.29) is 5.56 Å². The predicted octanol–water partition coefficient (Wildman–Crippen LogP) is 3.85. The van der Waals surface area contributed by atoms with Gasteiger partial charge in [0.2, 0.25) is 0 Å². The highest BCUT2D eigenvalue weighted by Gasteiger charge is 2.18. The Hall–Kier alpha value is -2.46. The molecule has 0 aliphatic rings. The first-order valence-corrected chi connectivity index (χ1v) is 8.98. The van der Waals surface area contributed by atoms with Crippen LogP contribution in [0.15, 0.2) is 29.1 Å². The van der Waals surface area contributed by atoms with E-state index in [0.29, 0.717) is 23.1 Å². The van der Waals surface area contributed by atoms with Crippen LogP contribution >= 0.6 is 0 Å². The number of benzene rings is 2. The molecule has 26 heavy (non-hydrogen) atoms. The maximum absolute atomic E-state index is 13.4. The molecule has 0 radical (unpaired) electrons. The fraction of sp³-hybridized carbons (Fsp3) is 0.364. The molecule has 0 aliphatic heterocycles. The number of nitrogens with zero attached hydrogens (tertiary/aromatic N) is 2. The third-order valence-electron chi connectivity index (χ3n) is 5.27. The first-order chi connectivity index (χ1) is 12.2. The molecule has 1 atom stereocenters. The third kappa shape index (κ3) is 3.06. The van der Waals surface area contributed by atoms with E-state index in [1.807, 2.05) is 38.1 Å². The largest absolute Gasteiger partial charge is 0.393 e. The van der Waals surface area contributed by atoms with Gasteiger partial charge >= 0.3 is 0 Å². The lowest BCUT2D eigenvalue weighted by molar-refractivity contribution is 0.192. The number of aliphatic hydroxyl groups excluding tert-OH is 1. The summed E-state index contributed by atoms with van der Waals surface area (Å²) in [7, 11) is 0. The number of fused-ring (bicyclic) bond motifs is 1. The van der Waals surface area contributed by atoms with Gasteiger partial charge in [0.1, 0.15) is 5.82 Å². The molecule has 4 heteroatoms. The summed E-state index contributed by atoms with van der Waals surface area (Å²) in [6.45, 7) is 12.0. The second-order valence-corrected chi connectivity index (χ2v) is 7.33. The molecule has 136 valence electrons. The minimum Gasteiger partial charge on any atom is -0.393 e. The molecular weight excluding hydrogens is 324 g/mol. The maximum Gasteiger partial charge on any atom is 0.265 e. The van der Waals surface area contributed by atoms with Gasteiger partial charge in [-0.05, 0) is 82.0 Å². The molecule has 0 fully saturated rings. The zero-order valence-electron chi connectivity index (χ0n) is 16.3. The van der Waals surface area contributed by atoms with Crippen molar-refractivity contribution >= 4 is 10.9 Å². The topological polar surface area (TPSA) is 55.1 Å². The smallest absolute Gasteiger partial charge is 0.265 e. The van der Waals surface area contributed by atoms with E-state index in [9.17, 15) is 9.90 Å². The van der Waals surface area contributed by atoms with Gasteiger partial charge in [0.25, 0.3) is 5.56 Å². The fourth-order valence-corrected chi connectivity index (χ4v) is 3.42. The van der Waals surface area contributed by atoms with Crippen LogP contribution in [-0.4, -0.2) is 20.8 Å². The number of aryl methyl sites for hydroxylation is 2. The van der Waals surface area contributed by atoms with Crippen molar-refractivity contribution in [3.63, 3.8) is 0 Å². The Labute approximate surface area is 154 Å². The average Bonchev–Trinajstić information content (AvgIpc) is 2.57.